The van der Waals surface area contributed by atoms with Gasteiger partial charge in [-0.25, -0.2) is 0 Å². The topological polar surface area (TPSA) is 42.2 Å². The number of rotatable bonds is 5. The number of hydrogen-bond acceptors (Lipinski definition) is 3. The van der Waals surface area contributed by atoms with Crippen LogP contribution in [-0.4, -0.2) is 13.2 Å². The third-order valence-electron chi connectivity index (χ3n) is 3.55. The molecule has 0 saturated carbocycles. The van der Waals surface area contributed by atoms with Gasteiger partial charge in [0, 0.05) is 0 Å². The molecule has 0 atom stereocenters. The fourth-order valence-electron chi connectivity index (χ4n) is 2.36. The van der Waals surface area contributed by atoms with E-state index in [1.54, 1.807) is 12.1 Å². The number of nitrogens with zero attached hydrogens (tertiary/aromatic N) is 1. The van der Waals surface area contributed by atoms with Gasteiger partial charge in [-0.2, -0.15) is 5.26 Å². The van der Waals surface area contributed by atoms with Gasteiger partial charge in [-0.1, -0.05) is 45.0 Å². The van der Waals surface area contributed by atoms with Gasteiger partial charge >= 0.3 is 0 Å². The number of para-hydroxylation sites is 1. The van der Waals surface area contributed by atoms with Crippen LogP contribution in [-0.2, 0) is 5.41 Å². The van der Waals surface area contributed by atoms with Crippen LogP contribution in [0.5, 0.6) is 11.5 Å². The summed E-state index contributed by atoms with van der Waals surface area (Å²) in [5.74, 6) is 1.49. The van der Waals surface area contributed by atoms with Crippen molar-refractivity contribution in [2.24, 2.45) is 0 Å². The van der Waals surface area contributed by atoms with E-state index in [9.17, 15) is 0 Å². The van der Waals surface area contributed by atoms with E-state index < -0.39 is 0 Å². The third-order valence-corrected chi connectivity index (χ3v) is 3.55. The molecule has 0 amide bonds. The van der Waals surface area contributed by atoms with Crippen LogP contribution in [0.15, 0.2) is 42.5 Å². The molecule has 0 aromatic heterocycles. The van der Waals surface area contributed by atoms with Gasteiger partial charge in [-0.3, -0.25) is 0 Å². The predicted molar refractivity (Wildman–Crippen MR) is 92.0 cm³/mol. The Labute approximate surface area is 138 Å². The van der Waals surface area contributed by atoms with E-state index in [0.29, 0.717) is 24.5 Å². The summed E-state index contributed by atoms with van der Waals surface area (Å²) in [4.78, 5) is 0. The Morgan fingerprint density at radius 1 is 0.957 bits per heavy atom. The zero-order chi connectivity index (χ0) is 16.9. The standard InChI is InChI=1S/C20H23NO2/c1-15-9-10-17(20(2,3)4)19(13-15)23-12-11-22-18-8-6-5-7-16(18)14-21/h5-10,13H,11-12H2,1-4H3. The molecule has 0 bridgehead atoms. The lowest BCUT2D eigenvalue weighted by molar-refractivity contribution is 0.214. The molecule has 120 valence electrons. The van der Waals surface area contributed by atoms with Crippen LogP contribution in [0.4, 0.5) is 0 Å². The molecule has 0 aliphatic rings. The summed E-state index contributed by atoms with van der Waals surface area (Å²) in [6.45, 7) is 9.40. The van der Waals surface area contributed by atoms with Crippen molar-refractivity contribution in [3.63, 3.8) is 0 Å². The van der Waals surface area contributed by atoms with Crippen molar-refractivity contribution in [2.45, 2.75) is 33.1 Å². The molecule has 23 heavy (non-hydrogen) atoms. The van der Waals surface area contributed by atoms with Gasteiger partial charge in [0.15, 0.2) is 0 Å². The summed E-state index contributed by atoms with van der Waals surface area (Å²) in [6, 6.07) is 15.6. The number of hydrogen-bond donors (Lipinski definition) is 0. The lowest BCUT2D eigenvalue weighted by Crippen LogP contribution is -2.16. The zero-order valence-electron chi connectivity index (χ0n) is 14.2. The molecule has 2 aromatic rings. The molecule has 3 nitrogen and oxygen atoms in total. The summed E-state index contributed by atoms with van der Waals surface area (Å²) >= 11 is 0. The Bertz CT molecular complexity index is 708. The Kier molecular flexibility index (Phi) is 5.28. The second-order valence-corrected chi connectivity index (χ2v) is 6.55. The highest BCUT2D eigenvalue weighted by atomic mass is 16.5. The van der Waals surface area contributed by atoms with E-state index in [-0.39, 0.29) is 5.41 Å². The second-order valence-electron chi connectivity index (χ2n) is 6.55. The molecule has 0 aliphatic carbocycles. The Balaban J connectivity index is 2.00. The summed E-state index contributed by atoms with van der Waals surface area (Å²) in [5, 5.41) is 9.05. The summed E-state index contributed by atoms with van der Waals surface area (Å²) < 4.78 is 11.6. The van der Waals surface area contributed by atoms with Gasteiger partial charge in [0.1, 0.15) is 30.8 Å². The largest absolute Gasteiger partial charge is 0.490 e. The average Bonchev–Trinajstić information content (AvgIpc) is 2.50. The van der Waals surface area contributed by atoms with Gasteiger partial charge in [-0.15, -0.1) is 0 Å². The van der Waals surface area contributed by atoms with Crippen molar-refractivity contribution >= 4 is 0 Å². The number of benzene rings is 2. The lowest BCUT2D eigenvalue weighted by atomic mass is 9.86. The van der Waals surface area contributed by atoms with E-state index in [2.05, 4.69) is 52.0 Å². The number of ether oxygens (including phenoxy) is 2. The van der Waals surface area contributed by atoms with Crippen molar-refractivity contribution in [1.82, 2.24) is 0 Å². The normalized spacial score (nSPS) is 10.9. The van der Waals surface area contributed by atoms with E-state index in [0.717, 1.165) is 5.75 Å². The van der Waals surface area contributed by atoms with Gasteiger partial charge in [-0.05, 0) is 41.7 Å². The molecule has 0 N–H and O–H groups in total. The minimum Gasteiger partial charge on any atom is -0.490 e. The maximum absolute atomic E-state index is 9.05. The molecule has 0 fully saturated rings. The maximum Gasteiger partial charge on any atom is 0.137 e. The van der Waals surface area contributed by atoms with Crippen LogP contribution in [0.1, 0.15) is 37.5 Å². The lowest BCUT2D eigenvalue weighted by Gasteiger charge is -2.23. The van der Waals surface area contributed by atoms with Crippen molar-refractivity contribution in [1.29, 1.82) is 5.26 Å². The number of nitriles is 1. The quantitative estimate of drug-likeness (QED) is 0.757. The molecule has 0 aliphatic heterocycles. The summed E-state index contributed by atoms with van der Waals surface area (Å²) in [5.41, 5.74) is 2.92. The van der Waals surface area contributed by atoms with E-state index in [4.69, 9.17) is 14.7 Å². The third kappa shape index (κ3) is 4.50. The highest BCUT2D eigenvalue weighted by molar-refractivity contribution is 5.43. The molecule has 3 heteroatoms. The Hall–Kier alpha value is -2.47. The van der Waals surface area contributed by atoms with Gasteiger partial charge in [0.05, 0.1) is 5.56 Å². The monoisotopic (exact) mass is 309 g/mol. The first kappa shape index (κ1) is 16.9. The van der Waals surface area contributed by atoms with Crippen molar-refractivity contribution < 1.29 is 9.47 Å². The first-order valence-corrected chi connectivity index (χ1v) is 7.77. The number of aryl methyl sites for hydroxylation is 1. The maximum atomic E-state index is 9.05. The van der Waals surface area contributed by atoms with Crippen LogP contribution >= 0.6 is 0 Å². The molecule has 0 unspecified atom stereocenters. The first-order valence-electron chi connectivity index (χ1n) is 7.77. The van der Waals surface area contributed by atoms with Gasteiger partial charge in [0.2, 0.25) is 0 Å². The SMILES string of the molecule is Cc1ccc(C(C)(C)C)c(OCCOc2ccccc2C#N)c1. The Morgan fingerprint density at radius 3 is 2.26 bits per heavy atom. The van der Waals surface area contributed by atoms with Gasteiger partial charge in [0.25, 0.3) is 0 Å². The molecule has 0 radical (unpaired) electrons. The van der Waals surface area contributed by atoms with E-state index in [1.807, 2.05) is 12.1 Å². The van der Waals surface area contributed by atoms with Crippen LogP contribution in [0.3, 0.4) is 0 Å². The molecule has 0 saturated heterocycles. The fraction of sp³-hybridized carbons (Fsp3) is 0.350. The van der Waals surface area contributed by atoms with Crippen molar-refractivity contribution in [3.8, 4) is 17.6 Å². The minimum atomic E-state index is 0.0251. The molecular formula is C20H23NO2. The smallest absolute Gasteiger partial charge is 0.137 e. The van der Waals surface area contributed by atoms with Crippen LogP contribution in [0.2, 0.25) is 0 Å². The Morgan fingerprint density at radius 2 is 1.61 bits per heavy atom. The molecule has 0 heterocycles. The van der Waals surface area contributed by atoms with Crippen LogP contribution in [0, 0.1) is 18.3 Å². The average molecular weight is 309 g/mol. The van der Waals surface area contributed by atoms with E-state index >= 15 is 0 Å². The van der Waals surface area contributed by atoms with E-state index in [1.165, 1.54) is 11.1 Å². The highest BCUT2D eigenvalue weighted by Crippen LogP contribution is 2.32. The first-order chi connectivity index (χ1) is 10.9. The second kappa shape index (κ2) is 7.19. The highest BCUT2D eigenvalue weighted by Gasteiger charge is 2.18. The van der Waals surface area contributed by atoms with Gasteiger partial charge < -0.3 is 9.47 Å². The molecule has 2 rings (SSSR count). The summed E-state index contributed by atoms with van der Waals surface area (Å²) in [6.07, 6.45) is 0. The zero-order valence-corrected chi connectivity index (χ0v) is 14.2. The fourth-order valence-corrected chi connectivity index (χ4v) is 2.36. The molecular weight excluding hydrogens is 286 g/mol. The summed E-state index contributed by atoms with van der Waals surface area (Å²) in [7, 11) is 0. The van der Waals surface area contributed by atoms with Crippen molar-refractivity contribution in [3.05, 3.63) is 59.2 Å². The van der Waals surface area contributed by atoms with Crippen molar-refractivity contribution in [2.75, 3.05) is 13.2 Å². The van der Waals surface area contributed by atoms with Crippen LogP contribution in [0.25, 0.3) is 0 Å². The molecule has 2 aromatic carbocycles. The minimum absolute atomic E-state index is 0.0251. The predicted octanol–water partition coefficient (Wildman–Crippen LogP) is 4.62. The molecule has 0 spiro atoms. The van der Waals surface area contributed by atoms with Crippen LogP contribution < -0.4 is 9.47 Å².